The van der Waals surface area contributed by atoms with Gasteiger partial charge in [-0.15, -0.1) is 11.3 Å². The summed E-state index contributed by atoms with van der Waals surface area (Å²) in [6.45, 7) is 1.98. The minimum atomic E-state index is -0.221. The number of rotatable bonds is 6. The second kappa shape index (κ2) is 6.78. The molecule has 2 rings (SSSR count). The molecule has 2 N–H and O–H groups in total. The van der Waals surface area contributed by atoms with Crippen LogP contribution in [0.15, 0.2) is 17.5 Å². The molecule has 0 spiro atoms. The van der Waals surface area contributed by atoms with Gasteiger partial charge in [0, 0.05) is 23.4 Å². The van der Waals surface area contributed by atoms with E-state index in [-0.39, 0.29) is 6.04 Å². The molecule has 114 valence electrons. The minimum Gasteiger partial charge on any atom is -0.493 e. The van der Waals surface area contributed by atoms with Crippen molar-refractivity contribution < 1.29 is 14.2 Å². The third-order valence-electron chi connectivity index (χ3n) is 3.23. The van der Waals surface area contributed by atoms with Crippen LogP contribution >= 0.6 is 11.3 Å². The summed E-state index contributed by atoms with van der Waals surface area (Å²) in [7, 11) is 4.77. The molecule has 0 radical (unpaired) electrons. The Bertz CT molecular complexity index is 613. The second-order valence-corrected chi connectivity index (χ2v) is 5.65. The fraction of sp³-hybridized carbons (Fsp3) is 0.400. The molecule has 0 amide bonds. The largest absolute Gasteiger partial charge is 0.493 e. The maximum atomic E-state index is 6.32. The average Bonchev–Trinajstić information content (AvgIpc) is 2.90. The summed E-state index contributed by atoms with van der Waals surface area (Å²) in [5, 5.41) is 3.07. The topological polar surface area (TPSA) is 66.6 Å². The van der Waals surface area contributed by atoms with Gasteiger partial charge in [0.1, 0.15) is 0 Å². The summed E-state index contributed by atoms with van der Waals surface area (Å²) in [6, 6.07) is 3.52. The van der Waals surface area contributed by atoms with Gasteiger partial charge in [-0.1, -0.05) is 0 Å². The lowest BCUT2D eigenvalue weighted by Crippen LogP contribution is -2.15. The van der Waals surface area contributed by atoms with Crippen molar-refractivity contribution in [3.63, 3.8) is 0 Å². The number of aryl methyl sites for hydroxylation is 1. The van der Waals surface area contributed by atoms with E-state index in [1.54, 1.807) is 32.7 Å². The molecule has 1 unspecified atom stereocenters. The van der Waals surface area contributed by atoms with Crippen LogP contribution in [0.5, 0.6) is 17.2 Å². The molecule has 0 aliphatic rings. The van der Waals surface area contributed by atoms with Gasteiger partial charge in [-0.05, 0) is 19.1 Å². The third kappa shape index (κ3) is 3.28. The van der Waals surface area contributed by atoms with E-state index in [2.05, 4.69) is 4.98 Å². The van der Waals surface area contributed by atoms with E-state index < -0.39 is 0 Å². The van der Waals surface area contributed by atoms with Crippen molar-refractivity contribution in [2.75, 3.05) is 21.3 Å². The maximum absolute atomic E-state index is 6.32. The van der Waals surface area contributed by atoms with Gasteiger partial charge in [0.05, 0.1) is 32.0 Å². The number of methoxy groups -OCH3 is 3. The van der Waals surface area contributed by atoms with E-state index in [1.165, 1.54) is 0 Å². The molecule has 21 heavy (non-hydrogen) atoms. The molecular formula is C15H20N2O3S. The van der Waals surface area contributed by atoms with E-state index in [0.29, 0.717) is 23.7 Å². The summed E-state index contributed by atoms with van der Waals surface area (Å²) in [6.07, 6.45) is 0.649. The fourth-order valence-corrected chi connectivity index (χ4v) is 2.88. The summed E-state index contributed by atoms with van der Waals surface area (Å²) >= 11 is 1.62. The SMILES string of the molecule is COc1ccc(C(N)Cc2csc(C)n2)c(OC)c1OC. The number of hydrogen-bond acceptors (Lipinski definition) is 6. The predicted molar refractivity (Wildman–Crippen MR) is 83.6 cm³/mol. The summed E-state index contributed by atoms with van der Waals surface area (Å²) < 4.78 is 16.1. The molecule has 6 heteroatoms. The predicted octanol–water partition coefficient (Wildman–Crippen LogP) is 2.72. The van der Waals surface area contributed by atoms with Crippen LogP contribution in [0.2, 0.25) is 0 Å². The van der Waals surface area contributed by atoms with Gasteiger partial charge >= 0.3 is 0 Å². The number of thiazole rings is 1. The van der Waals surface area contributed by atoms with Crippen molar-refractivity contribution in [2.24, 2.45) is 5.73 Å². The lowest BCUT2D eigenvalue weighted by molar-refractivity contribution is 0.320. The van der Waals surface area contributed by atoms with Crippen molar-refractivity contribution >= 4 is 11.3 Å². The van der Waals surface area contributed by atoms with Crippen LogP contribution in [0.4, 0.5) is 0 Å². The van der Waals surface area contributed by atoms with Crippen molar-refractivity contribution in [3.8, 4) is 17.2 Å². The van der Waals surface area contributed by atoms with Gasteiger partial charge in [0.2, 0.25) is 5.75 Å². The maximum Gasteiger partial charge on any atom is 0.203 e. The Morgan fingerprint density at radius 2 is 1.86 bits per heavy atom. The van der Waals surface area contributed by atoms with Crippen molar-refractivity contribution in [1.82, 2.24) is 4.98 Å². The fourth-order valence-electron chi connectivity index (χ4n) is 2.25. The first-order valence-electron chi connectivity index (χ1n) is 6.56. The van der Waals surface area contributed by atoms with Gasteiger partial charge in [-0.25, -0.2) is 4.98 Å². The zero-order valence-electron chi connectivity index (χ0n) is 12.7. The van der Waals surface area contributed by atoms with Gasteiger partial charge in [-0.3, -0.25) is 0 Å². The van der Waals surface area contributed by atoms with Gasteiger partial charge in [0.25, 0.3) is 0 Å². The van der Waals surface area contributed by atoms with Gasteiger partial charge < -0.3 is 19.9 Å². The molecule has 0 saturated heterocycles. The molecule has 5 nitrogen and oxygen atoms in total. The van der Waals surface area contributed by atoms with E-state index in [0.717, 1.165) is 16.3 Å². The van der Waals surface area contributed by atoms with Crippen molar-refractivity contribution in [3.05, 3.63) is 33.8 Å². The second-order valence-electron chi connectivity index (χ2n) is 4.59. The highest BCUT2D eigenvalue weighted by Crippen LogP contribution is 2.42. The highest BCUT2D eigenvalue weighted by atomic mass is 32.1. The number of hydrogen-bond donors (Lipinski definition) is 1. The number of nitrogens with zero attached hydrogens (tertiary/aromatic N) is 1. The van der Waals surface area contributed by atoms with Crippen LogP contribution in [0.25, 0.3) is 0 Å². The van der Waals surface area contributed by atoms with Crippen LogP contribution in [-0.2, 0) is 6.42 Å². The average molecular weight is 308 g/mol. The molecule has 0 aliphatic heterocycles. The van der Waals surface area contributed by atoms with E-state index in [4.69, 9.17) is 19.9 Å². The molecule has 1 atom stereocenters. The highest BCUT2D eigenvalue weighted by molar-refractivity contribution is 7.09. The van der Waals surface area contributed by atoms with Crippen LogP contribution in [-0.4, -0.2) is 26.3 Å². The van der Waals surface area contributed by atoms with E-state index in [1.807, 2.05) is 24.4 Å². The molecule has 2 aromatic rings. The van der Waals surface area contributed by atoms with Gasteiger partial charge in [0.15, 0.2) is 11.5 Å². The monoisotopic (exact) mass is 308 g/mol. The normalized spacial score (nSPS) is 12.0. The molecule has 0 saturated carbocycles. The number of nitrogens with two attached hydrogens (primary N) is 1. The highest BCUT2D eigenvalue weighted by Gasteiger charge is 2.20. The standard InChI is InChI=1S/C15H20N2O3S/c1-9-17-10(8-21-9)7-12(16)11-5-6-13(18-2)15(20-4)14(11)19-3/h5-6,8,12H,7,16H2,1-4H3. The smallest absolute Gasteiger partial charge is 0.203 e. The van der Waals surface area contributed by atoms with Crippen LogP contribution < -0.4 is 19.9 Å². The lowest BCUT2D eigenvalue weighted by Gasteiger charge is -2.19. The molecule has 1 aromatic heterocycles. The number of ether oxygens (including phenoxy) is 3. The molecule has 1 aromatic carbocycles. The van der Waals surface area contributed by atoms with E-state index in [9.17, 15) is 0 Å². The zero-order chi connectivity index (χ0) is 15.4. The number of benzene rings is 1. The first-order valence-corrected chi connectivity index (χ1v) is 7.44. The quantitative estimate of drug-likeness (QED) is 0.889. The lowest BCUT2D eigenvalue weighted by atomic mass is 10.0. The first-order chi connectivity index (χ1) is 10.1. The van der Waals surface area contributed by atoms with Gasteiger partial charge in [-0.2, -0.15) is 0 Å². The Labute approximate surface area is 128 Å². The summed E-state index contributed by atoms with van der Waals surface area (Å²) in [4.78, 5) is 4.45. The van der Waals surface area contributed by atoms with Crippen LogP contribution in [0.3, 0.4) is 0 Å². The zero-order valence-corrected chi connectivity index (χ0v) is 13.5. The summed E-state index contributed by atoms with van der Waals surface area (Å²) in [5.41, 5.74) is 8.18. The van der Waals surface area contributed by atoms with Crippen molar-refractivity contribution in [2.45, 2.75) is 19.4 Å². The van der Waals surface area contributed by atoms with Crippen LogP contribution in [0, 0.1) is 6.92 Å². The molecular weight excluding hydrogens is 288 g/mol. The first kappa shape index (κ1) is 15.6. The number of aromatic nitrogens is 1. The third-order valence-corrected chi connectivity index (χ3v) is 4.05. The summed E-state index contributed by atoms with van der Waals surface area (Å²) in [5.74, 6) is 1.79. The Hall–Kier alpha value is -1.79. The van der Waals surface area contributed by atoms with Crippen molar-refractivity contribution in [1.29, 1.82) is 0 Å². The molecule has 1 heterocycles. The van der Waals surface area contributed by atoms with E-state index >= 15 is 0 Å². The Morgan fingerprint density at radius 3 is 2.38 bits per heavy atom. The van der Waals surface area contributed by atoms with Crippen LogP contribution in [0.1, 0.15) is 22.3 Å². The Morgan fingerprint density at radius 1 is 1.14 bits per heavy atom. The Balaban J connectivity index is 2.33. The Kier molecular flexibility index (Phi) is 5.03. The molecule has 0 fully saturated rings. The molecule has 0 bridgehead atoms. The molecule has 0 aliphatic carbocycles. The minimum absolute atomic E-state index is 0.221.